The van der Waals surface area contributed by atoms with E-state index in [2.05, 4.69) is 10.2 Å². The maximum atomic E-state index is 13.1. The number of hydrogen-bond acceptors (Lipinski definition) is 5. The minimum atomic E-state index is -4.97. The quantitative estimate of drug-likeness (QED) is 0.621. The largest absolute Gasteiger partial charge is 0.445 e. The van der Waals surface area contributed by atoms with Crippen molar-refractivity contribution in [2.24, 2.45) is 11.8 Å². The van der Waals surface area contributed by atoms with E-state index < -0.39 is 36.2 Å². The maximum absolute atomic E-state index is 13.1. The Morgan fingerprint density at radius 1 is 0.972 bits per heavy atom. The average Bonchev–Trinajstić information content (AvgIpc) is 3.48. The van der Waals surface area contributed by atoms with Gasteiger partial charge < -0.3 is 19.9 Å². The van der Waals surface area contributed by atoms with Crippen LogP contribution in [0, 0.1) is 11.8 Å². The molecule has 2 unspecified atom stereocenters. The zero-order valence-electron chi connectivity index (χ0n) is 19.2. The smallest absolute Gasteiger partial charge is 0.416 e. The highest BCUT2D eigenvalue weighted by molar-refractivity contribution is 5.67. The summed E-state index contributed by atoms with van der Waals surface area (Å²) in [5.41, 5.74) is -2.48. The second kappa shape index (κ2) is 9.16. The van der Waals surface area contributed by atoms with Crippen molar-refractivity contribution in [1.82, 2.24) is 20.0 Å². The van der Waals surface area contributed by atoms with Gasteiger partial charge in [-0.25, -0.2) is 4.79 Å². The highest BCUT2D eigenvalue weighted by atomic mass is 19.4. The molecule has 0 aliphatic carbocycles. The summed E-state index contributed by atoms with van der Waals surface area (Å²) in [6.45, 7) is 4.20. The highest BCUT2D eigenvalue weighted by Crippen LogP contribution is 2.36. The lowest BCUT2D eigenvalue weighted by atomic mass is 10.0. The number of carbonyl (C=O) groups excluding carboxylic acids is 1. The fourth-order valence-electron chi connectivity index (χ4n) is 5.14. The average molecular weight is 517 g/mol. The third-order valence-corrected chi connectivity index (χ3v) is 6.98. The topological polar surface area (TPSA) is 62.6 Å². The number of amides is 1. The molecule has 13 heteroatoms. The van der Waals surface area contributed by atoms with Gasteiger partial charge >= 0.3 is 18.4 Å². The molecule has 2 aromatic rings. The number of aryl methyl sites for hydroxylation is 1. The van der Waals surface area contributed by atoms with E-state index in [1.165, 1.54) is 4.90 Å². The Morgan fingerprint density at radius 3 is 2.22 bits per heavy atom. The summed E-state index contributed by atoms with van der Waals surface area (Å²) in [4.78, 5) is 16.3. The van der Waals surface area contributed by atoms with E-state index >= 15 is 0 Å². The molecule has 4 heterocycles. The summed E-state index contributed by atoms with van der Waals surface area (Å²) in [6, 6.07) is 3.10. The van der Waals surface area contributed by atoms with E-state index in [1.54, 1.807) is 0 Å². The van der Waals surface area contributed by atoms with E-state index in [-0.39, 0.29) is 18.2 Å². The number of nitrogens with one attached hydrogen (secondary N) is 1. The van der Waals surface area contributed by atoms with E-state index in [4.69, 9.17) is 9.84 Å². The van der Waals surface area contributed by atoms with Gasteiger partial charge in [-0.15, -0.1) is 0 Å². The van der Waals surface area contributed by atoms with Gasteiger partial charge in [0.2, 0.25) is 0 Å². The van der Waals surface area contributed by atoms with Gasteiger partial charge in [0.1, 0.15) is 6.61 Å². The van der Waals surface area contributed by atoms with Crippen molar-refractivity contribution in [3.63, 3.8) is 0 Å². The van der Waals surface area contributed by atoms with E-state index in [0.29, 0.717) is 43.5 Å². The molecule has 3 aliphatic rings. The molecule has 1 N–H and O–H groups in total. The van der Waals surface area contributed by atoms with Crippen LogP contribution < -0.4 is 10.2 Å². The zero-order valence-corrected chi connectivity index (χ0v) is 19.2. The van der Waals surface area contributed by atoms with Crippen molar-refractivity contribution >= 4 is 11.9 Å². The molecule has 36 heavy (non-hydrogen) atoms. The van der Waals surface area contributed by atoms with Gasteiger partial charge in [0, 0.05) is 45.3 Å². The lowest BCUT2D eigenvalue weighted by molar-refractivity contribution is -0.143. The van der Waals surface area contributed by atoms with Gasteiger partial charge in [-0.3, -0.25) is 4.68 Å². The number of hydrogen-bond donors (Lipinski definition) is 1. The standard InChI is InChI=1S/C23H25F6N5O2/c24-22(25,26)17-4-14(5-18(6-17)23(27,28)29)13-36-21(35)32-2-1-3-34-19(12-32)7-20(31-34)33-10-15-8-30-9-16(15)11-33/h4-7,15-16,30H,1-3,8-13H2. The Morgan fingerprint density at radius 2 is 1.61 bits per heavy atom. The number of halogens is 6. The number of fused-ring (bicyclic) bond motifs is 2. The van der Waals surface area contributed by atoms with Crippen molar-refractivity contribution in [3.8, 4) is 0 Å². The van der Waals surface area contributed by atoms with Crippen LogP contribution in [0.25, 0.3) is 0 Å². The Bertz CT molecular complexity index is 1090. The molecule has 2 saturated heterocycles. The van der Waals surface area contributed by atoms with Gasteiger partial charge in [0.15, 0.2) is 5.82 Å². The number of nitrogens with zero attached hydrogens (tertiary/aromatic N) is 4. The second-order valence-electron chi connectivity index (χ2n) is 9.54. The van der Waals surface area contributed by atoms with Crippen molar-refractivity contribution in [1.29, 1.82) is 0 Å². The molecular formula is C23H25F6N5O2. The summed E-state index contributed by atoms with van der Waals surface area (Å²) < 4.78 is 85.5. The van der Waals surface area contributed by atoms with Crippen molar-refractivity contribution in [2.75, 3.05) is 37.6 Å². The summed E-state index contributed by atoms with van der Waals surface area (Å²) >= 11 is 0. The first kappa shape index (κ1) is 24.7. The number of rotatable bonds is 3. The number of benzene rings is 1. The van der Waals surface area contributed by atoms with Gasteiger partial charge in [0.05, 0.1) is 23.4 Å². The SMILES string of the molecule is O=C(OCc1cc(C(F)(F)F)cc(C(F)(F)F)c1)N1CCCn2nc(N3CC4CNCC4C3)cc2C1. The van der Waals surface area contributed by atoms with Gasteiger partial charge in [-0.05, 0) is 42.0 Å². The molecule has 1 amide bonds. The molecule has 0 spiro atoms. The first-order valence-corrected chi connectivity index (χ1v) is 11.7. The number of alkyl halides is 6. The van der Waals surface area contributed by atoms with E-state index in [0.717, 1.165) is 37.7 Å². The van der Waals surface area contributed by atoms with E-state index in [1.807, 2.05) is 10.7 Å². The van der Waals surface area contributed by atoms with Crippen molar-refractivity contribution < 1.29 is 35.9 Å². The Kier molecular flexibility index (Phi) is 6.29. The zero-order chi connectivity index (χ0) is 25.7. The van der Waals surface area contributed by atoms with E-state index in [9.17, 15) is 31.1 Å². The van der Waals surface area contributed by atoms with Crippen LogP contribution in [0.4, 0.5) is 37.0 Å². The molecular weight excluding hydrogens is 492 g/mol. The van der Waals surface area contributed by atoms with Crippen LogP contribution in [0.3, 0.4) is 0 Å². The Balaban J connectivity index is 1.25. The van der Waals surface area contributed by atoms with Gasteiger partial charge in [-0.1, -0.05) is 0 Å². The monoisotopic (exact) mass is 517 g/mol. The minimum Gasteiger partial charge on any atom is -0.445 e. The number of aromatic nitrogens is 2. The lowest BCUT2D eigenvalue weighted by Gasteiger charge is -2.20. The normalized spacial score (nSPS) is 22.4. The summed E-state index contributed by atoms with van der Waals surface area (Å²) in [6.07, 6.45) is -10.2. The van der Waals surface area contributed by atoms with Crippen LogP contribution in [0.5, 0.6) is 0 Å². The van der Waals surface area contributed by atoms with Crippen molar-refractivity contribution in [3.05, 3.63) is 46.6 Å². The number of ether oxygens (including phenoxy) is 1. The highest BCUT2D eigenvalue weighted by Gasteiger charge is 2.38. The Hall–Kier alpha value is -2.96. The molecule has 5 rings (SSSR count). The Labute approximate surface area is 203 Å². The second-order valence-corrected chi connectivity index (χ2v) is 9.54. The van der Waals surface area contributed by atoms with Crippen molar-refractivity contribution in [2.45, 2.75) is 38.5 Å². The molecule has 196 valence electrons. The third kappa shape index (κ3) is 5.11. The number of anilines is 1. The lowest BCUT2D eigenvalue weighted by Crippen LogP contribution is -2.31. The molecule has 2 atom stereocenters. The third-order valence-electron chi connectivity index (χ3n) is 6.98. The molecule has 2 fully saturated rings. The van der Waals surface area contributed by atoms with Crippen LogP contribution in [0.15, 0.2) is 24.3 Å². The van der Waals surface area contributed by atoms with Gasteiger partial charge in [0.25, 0.3) is 0 Å². The molecule has 0 radical (unpaired) electrons. The minimum absolute atomic E-state index is 0.0446. The fraction of sp³-hybridized carbons (Fsp3) is 0.565. The summed E-state index contributed by atoms with van der Waals surface area (Å²) in [7, 11) is 0. The summed E-state index contributed by atoms with van der Waals surface area (Å²) in [5, 5.41) is 8.10. The molecule has 0 saturated carbocycles. The summed E-state index contributed by atoms with van der Waals surface area (Å²) in [5.74, 6) is 2.02. The van der Waals surface area contributed by atoms with Gasteiger partial charge in [-0.2, -0.15) is 31.4 Å². The maximum Gasteiger partial charge on any atom is 0.416 e. The predicted molar refractivity (Wildman–Crippen MR) is 116 cm³/mol. The first-order chi connectivity index (χ1) is 17.0. The van der Waals surface area contributed by atoms with Crippen LogP contribution in [-0.4, -0.2) is 53.5 Å². The predicted octanol–water partition coefficient (Wildman–Crippen LogP) is 4.12. The first-order valence-electron chi connectivity index (χ1n) is 11.7. The molecule has 1 aromatic carbocycles. The van der Waals surface area contributed by atoms with Crippen LogP contribution >= 0.6 is 0 Å². The fourth-order valence-corrected chi connectivity index (χ4v) is 5.14. The molecule has 3 aliphatic heterocycles. The van der Waals surface area contributed by atoms with Crippen LogP contribution in [0.2, 0.25) is 0 Å². The molecule has 7 nitrogen and oxygen atoms in total. The number of carbonyl (C=O) groups is 1. The van der Waals surface area contributed by atoms with Crippen LogP contribution in [-0.2, 0) is 36.8 Å². The molecule has 0 bridgehead atoms. The molecule has 1 aromatic heterocycles. The van der Waals surface area contributed by atoms with Crippen LogP contribution in [0.1, 0.15) is 28.8 Å².